The third kappa shape index (κ3) is 4.89. The molecule has 0 aliphatic carbocycles. The molecule has 0 amide bonds. The lowest BCUT2D eigenvalue weighted by molar-refractivity contribution is 0.132. The van der Waals surface area contributed by atoms with E-state index in [1.807, 2.05) is 6.07 Å². The second kappa shape index (κ2) is 8.40. The molecule has 128 valence electrons. The molecule has 1 heterocycles. The largest absolute Gasteiger partial charge is 0.439 e. The zero-order valence-corrected chi connectivity index (χ0v) is 13.7. The number of nitrogens with zero attached hydrogens (tertiary/aromatic N) is 3. The van der Waals surface area contributed by atoms with Gasteiger partial charge < -0.3 is 9.57 Å². The van der Waals surface area contributed by atoms with Crippen LogP contribution in [0.1, 0.15) is 16.7 Å². The van der Waals surface area contributed by atoms with Gasteiger partial charge in [-0.25, -0.2) is 9.37 Å². The number of hydrogen-bond donors (Lipinski definition) is 0. The number of halogens is 1. The maximum atomic E-state index is 13.0. The minimum atomic E-state index is -0.308. The summed E-state index contributed by atoms with van der Waals surface area (Å²) in [5.74, 6) is 0.709. The molecule has 0 radical (unpaired) electrons. The molecule has 0 N–H and O–H groups in total. The van der Waals surface area contributed by atoms with Gasteiger partial charge in [-0.05, 0) is 48.0 Å². The first-order valence-electron chi connectivity index (χ1n) is 7.77. The number of hydrogen-bond acceptors (Lipinski definition) is 5. The molecule has 0 unspecified atom stereocenters. The number of aromatic nitrogens is 1. The Labute approximate surface area is 149 Å². The maximum absolute atomic E-state index is 13.0. The molecule has 0 saturated heterocycles. The molecule has 0 spiro atoms. The van der Waals surface area contributed by atoms with Crippen molar-refractivity contribution in [1.29, 1.82) is 5.26 Å². The molecule has 5 nitrogen and oxygen atoms in total. The van der Waals surface area contributed by atoms with E-state index >= 15 is 0 Å². The zero-order valence-electron chi connectivity index (χ0n) is 13.7. The number of oxime groups is 1. The molecule has 0 atom stereocenters. The Morgan fingerprint density at radius 2 is 1.96 bits per heavy atom. The van der Waals surface area contributed by atoms with Crippen molar-refractivity contribution in [3.05, 3.63) is 89.4 Å². The zero-order chi connectivity index (χ0) is 18.2. The van der Waals surface area contributed by atoms with E-state index in [-0.39, 0.29) is 12.4 Å². The quantitative estimate of drug-likeness (QED) is 0.488. The predicted octanol–water partition coefficient (Wildman–Crippen LogP) is 4.44. The van der Waals surface area contributed by atoms with Crippen LogP contribution in [0.25, 0.3) is 0 Å². The minimum Gasteiger partial charge on any atom is -0.439 e. The summed E-state index contributed by atoms with van der Waals surface area (Å²) in [4.78, 5) is 9.33. The summed E-state index contributed by atoms with van der Waals surface area (Å²) in [5.41, 5.74) is 2.00. The molecule has 26 heavy (non-hydrogen) atoms. The standard InChI is InChI=1S/C20H14FN3O2/c21-18-3-1-2-16(10-18)14-25-24-13-17-6-9-20(23-12-17)26-19-7-4-15(11-22)5-8-19/h1-10,12-13H,14H2. The van der Waals surface area contributed by atoms with Gasteiger partial charge in [0.1, 0.15) is 18.2 Å². The third-order valence-corrected chi connectivity index (χ3v) is 3.36. The molecule has 6 heteroatoms. The van der Waals surface area contributed by atoms with Gasteiger partial charge in [0.15, 0.2) is 0 Å². The molecule has 0 saturated carbocycles. The fraction of sp³-hybridized carbons (Fsp3) is 0.0500. The van der Waals surface area contributed by atoms with Crippen LogP contribution in [0.2, 0.25) is 0 Å². The molecule has 3 rings (SSSR count). The number of ether oxygens (including phenoxy) is 1. The molecular weight excluding hydrogens is 333 g/mol. The van der Waals surface area contributed by atoms with E-state index in [0.717, 1.165) is 5.56 Å². The summed E-state index contributed by atoms with van der Waals surface area (Å²) in [6, 6.07) is 18.4. The molecule has 0 bridgehead atoms. The van der Waals surface area contributed by atoms with Crippen LogP contribution in [0.4, 0.5) is 4.39 Å². The van der Waals surface area contributed by atoms with Crippen LogP contribution < -0.4 is 4.74 Å². The van der Waals surface area contributed by atoms with Crippen molar-refractivity contribution in [3.8, 4) is 17.7 Å². The first-order valence-corrected chi connectivity index (χ1v) is 7.77. The van der Waals surface area contributed by atoms with Gasteiger partial charge in [-0.3, -0.25) is 0 Å². The molecule has 0 aliphatic heterocycles. The molecule has 0 fully saturated rings. The highest BCUT2D eigenvalue weighted by Crippen LogP contribution is 2.19. The van der Waals surface area contributed by atoms with E-state index in [9.17, 15) is 4.39 Å². The predicted molar refractivity (Wildman–Crippen MR) is 94.3 cm³/mol. The summed E-state index contributed by atoms with van der Waals surface area (Å²) >= 11 is 0. The first kappa shape index (κ1) is 17.1. The second-order valence-electron chi connectivity index (χ2n) is 5.31. The van der Waals surface area contributed by atoms with Crippen LogP contribution in [0.15, 0.2) is 72.0 Å². The van der Waals surface area contributed by atoms with Crippen LogP contribution in [-0.4, -0.2) is 11.2 Å². The summed E-state index contributed by atoms with van der Waals surface area (Å²) in [5, 5.41) is 12.6. The van der Waals surface area contributed by atoms with E-state index in [1.165, 1.54) is 18.3 Å². The fourth-order valence-electron chi connectivity index (χ4n) is 2.08. The average Bonchev–Trinajstić information content (AvgIpc) is 2.67. The lowest BCUT2D eigenvalue weighted by Gasteiger charge is -2.04. The normalized spacial score (nSPS) is 10.5. The van der Waals surface area contributed by atoms with Gasteiger partial charge in [-0.1, -0.05) is 17.3 Å². The van der Waals surface area contributed by atoms with Crippen LogP contribution in [0, 0.1) is 17.1 Å². The van der Waals surface area contributed by atoms with Gasteiger partial charge in [-0.15, -0.1) is 0 Å². The van der Waals surface area contributed by atoms with Crippen molar-refractivity contribution in [2.75, 3.05) is 0 Å². The van der Waals surface area contributed by atoms with Crippen LogP contribution in [0.5, 0.6) is 11.6 Å². The average molecular weight is 347 g/mol. The summed E-state index contributed by atoms with van der Waals surface area (Å²) in [7, 11) is 0. The minimum absolute atomic E-state index is 0.182. The number of nitriles is 1. The van der Waals surface area contributed by atoms with E-state index < -0.39 is 0 Å². The molecule has 2 aromatic carbocycles. The van der Waals surface area contributed by atoms with Crippen LogP contribution in [-0.2, 0) is 11.4 Å². The van der Waals surface area contributed by atoms with E-state index in [2.05, 4.69) is 10.1 Å². The highest BCUT2D eigenvalue weighted by molar-refractivity contribution is 5.78. The van der Waals surface area contributed by atoms with Crippen LogP contribution >= 0.6 is 0 Å². The Hall–Kier alpha value is -3.72. The number of benzene rings is 2. The Morgan fingerprint density at radius 3 is 2.65 bits per heavy atom. The number of pyridine rings is 1. The van der Waals surface area contributed by atoms with Crippen molar-refractivity contribution in [1.82, 2.24) is 4.98 Å². The molecule has 3 aromatic rings. The van der Waals surface area contributed by atoms with Gasteiger partial charge in [0.2, 0.25) is 5.88 Å². The lowest BCUT2D eigenvalue weighted by atomic mass is 10.2. The molecular formula is C20H14FN3O2. The number of rotatable bonds is 6. The Balaban J connectivity index is 1.52. The smallest absolute Gasteiger partial charge is 0.219 e. The van der Waals surface area contributed by atoms with Crippen molar-refractivity contribution < 1.29 is 14.0 Å². The molecule has 1 aromatic heterocycles. The van der Waals surface area contributed by atoms with E-state index in [1.54, 1.807) is 54.7 Å². The third-order valence-electron chi connectivity index (χ3n) is 3.36. The second-order valence-corrected chi connectivity index (χ2v) is 5.31. The topological polar surface area (TPSA) is 67.5 Å². The van der Waals surface area contributed by atoms with Crippen molar-refractivity contribution in [2.24, 2.45) is 5.16 Å². The summed E-state index contributed by atoms with van der Waals surface area (Å²) < 4.78 is 18.6. The maximum Gasteiger partial charge on any atom is 0.219 e. The lowest BCUT2D eigenvalue weighted by Crippen LogP contribution is -1.91. The Bertz CT molecular complexity index is 933. The monoisotopic (exact) mass is 347 g/mol. The van der Waals surface area contributed by atoms with Crippen molar-refractivity contribution in [3.63, 3.8) is 0 Å². The SMILES string of the molecule is N#Cc1ccc(Oc2ccc(C=NOCc3cccc(F)c3)cn2)cc1. The van der Waals surface area contributed by atoms with E-state index in [0.29, 0.717) is 22.8 Å². The highest BCUT2D eigenvalue weighted by Gasteiger charge is 2.00. The first-order chi connectivity index (χ1) is 12.7. The van der Waals surface area contributed by atoms with Gasteiger partial charge in [0.25, 0.3) is 0 Å². The summed E-state index contributed by atoms with van der Waals surface area (Å²) in [6.07, 6.45) is 3.10. The summed E-state index contributed by atoms with van der Waals surface area (Å²) in [6.45, 7) is 0.182. The van der Waals surface area contributed by atoms with E-state index in [4.69, 9.17) is 14.8 Å². The van der Waals surface area contributed by atoms with Gasteiger partial charge in [-0.2, -0.15) is 5.26 Å². The highest BCUT2D eigenvalue weighted by atomic mass is 19.1. The van der Waals surface area contributed by atoms with Gasteiger partial charge in [0, 0.05) is 17.8 Å². The van der Waals surface area contributed by atoms with Crippen molar-refractivity contribution >= 4 is 6.21 Å². The fourth-order valence-corrected chi connectivity index (χ4v) is 2.08. The van der Waals surface area contributed by atoms with Crippen molar-refractivity contribution in [2.45, 2.75) is 6.61 Å². The van der Waals surface area contributed by atoms with Gasteiger partial charge in [0.05, 0.1) is 17.8 Å². The van der Waals surface area contributed by atoms with Gasteiger partial charge >= 0.3 is 0 Å². The van der Waals surface area contributed by atoms with Crippen LogP contribution in [0.3, 0.4) is 0 Å². The Morgan fingerprint density at radius 1 is 1.12 bits per heavy atom. The Kier molecular flexibility index (Phi) is 5.53. The molecule has 0 aliphatic rings.